The van der Waals surface area contributed by atoms with E-state index in [1.807, 2.05) is 13.8 Å². The first-order chi connectivity index (χ1) is 19.9. The second kappa shape index (κ2) is 12.4. The zero-order chi connectivity index (χ0) is 30.2. The summed E-state index contributed by atoms with van der Waals surface area (Å²) in [5, 5.41) is 14.0. The number of aliphatic hydroxyl groups is 1. The van der Waals surface area contributed by atoms with Crippen LogP contribution < -0.4 is 11.1 Å². The van der Waals surface area contributed by atoms with Gasteiger partial charge in [0.05, 0.1) is 30.3 Å². The molecule has 1 amide bonds. The molecule has 0 aromatic heterocycles. The van der Waals surface area contributed by atoms with Crippen LogP contribution in [0.1, 0.15) is 25.8 Å². The molecule has 42 heavy (non-hydrogen) atoms. The van der Waals surface area contributed by atoms with Crippen molar-refractivity contribution in [3.05, 3.63) is 59.7 Å². The topological polar surface area (TPSA) is 140 Å². The molecule has 5 rings (SSSR count). The third-order valence-electron chi connectivity index (χ3n) is 8.15. The van der Waals surface area contributed by atoms with Gasteiger partial charge in [-0.2, -0.15) is 4.31 Å². The Morgan fingerprint density at radius 3 is 2.43 bits per heavy atom. The standard InChI is InChI=1S/C29H37F2N3O7S/c1-16(2)12-34(42(37,38)22-5-3-21(32)4-6-22)13-26(35)25(9-17-7-19(30)11-20(31)8-17)33-29(36)41-27-18-10-23-24(27)15-40-28(23)39-14-18/h3-8,11,16,18,23-28,35H,9-10,12-15,32H2,1-2H3,(H,33,36)/t18?,23?,24?,25-,26+,27-,28-/m0/s1. The van der Waals surface area contributed by atoms with Gasteiger partial charge >= 0.3 is 6.09 Å². The highest BCUT2D eigenvalue weighted by Crippen LogP contribution is 2.49. The fourth-order valence-electron chi connectivity index (χ4n) is 6.23. The molecular formula is C29H37F2N3O7S. The van der Waals surface area contributed by atoms with Crippen LogP contribution in [0.15, 0.2) is 47.4 Å². The van der Waals surface area contributed by atoms with E-state index in [1.165, 1.54) is 24.3 Å². The lowest BCUT2D eigenvalue weighted by Crippen LogP contribution is -2.52. The van der Waals surface area contributed by atoms with Crippen molar-refractivity contribution in [2.45, 2.75) is 56.1 Å². The van der Waals surface area contributed by atoms with E-state index in [1.54, 1.807) is 0 Å². The van der Waals surface area contributed by atoms with Crippen LogP contribution in [-0.4, -0.2) is 74.8 Å². The lowest BCUT2D eigenvalue weighted by atomic mass is 9.98. The molecule has 2 aromatic carbocycles. The maximum Gasteiger partial charge on any atom is 0.407 e. The van der Waals surface area contributed by atoms with E-state index in [9.17, 15) is 27.1 Å². The summed E-state index contributed by atoms with van der Waals surface area (Å²) in [5.74, 6) is -1.60. The minimum absolute atomic E-state index is 0.00710. The van der Waals surface area contributed by atoms with Gasteiger partial charge in [0, 0.05) is 42.6 Å². The minimum Gasteiger partial charge on any atom is -0.445 e. The molecule has 2 aliphatic heterocycles. The second-order valence-electron chi connectivity index (χ2n) is 11.8. The van der Waals surface area contributed by atoms with Crippen LogP contribution in [0.4, 0.5) is 19.3 Å². The highest BCUT2D eigenvalue weighted by molar-refractivity contribution is 7.89. The van der Waals surface area contributed by atoms with Crippen molar-refractivity contribution < 1.29 is 41.3 Å². The van der Waals surface area contributed by atoms with Gasteiger partial charge in [0.1, 0.15) is 17.7 Å². The Morgan fingerprint density at radius 2 is 1.76 bits per heavy atom. The number of nitrogen functional groups attached to an aromatic ring is 1. The minimum atomic E-state index is -4.06. The predicted octanol–water partition coefficient (Wildman–Crippen LogP) is 2.90. The molecule has 0 spiro atoms. The summed E-state index contributed by atoms with van der Waals surface area (Å²) in [6.07, 6.45) is -2.40. The van der Waals surface area contributed by atoms with E-state index >= 15 is 0 Å². The molecule has 2 saturated heterocycles. The zero-order valence-corrected chi connectivity index (χ0v) is 24.3. The summed E-state index contributed by atoms with van der Waals surface area (Å²) in [6.45, 7) is 4.15. The number of aliphatic hydroxyl groups excluding tert-OH is 1. The number of nitrogens with zero attached hydrogens (tertiary/aromatic N) is 1. The van der Waals surface area contributed by atoms with Gasteiger partial charge < -0.3 is 30.4 Å². The van der Waals surface area contributed by atoms with Crippen molar-refractivity contribution in [1.29, 1.82) is 0 Å². The first kappa shape index (κ1) is 30.6. The first-order valence-corrected chi connectivity index (χ1v) is 15.5. The number of rotatable bonds is 11. The molecular weight excluding hydrogens is 572 g/mol. The van der Waals surface area contributed by atoms with Gasteiger partial charge in [-0.25, -0.2) is 22.0 Å². The van der Waals surface area contributed by atoms with Crippen molar-refractivity contribution in [2.24, 2.45) is 23.7 Å². The van der Waals surface area contributed by atoms with Gasteiger partial charge in [0.2, 0.25) is 10.0 Å². The van der Waals surface area contributed by atoms with E-state index in [2.05, 4.69) is 5.32 Å². The van der Waals surface area contributed by atoms with Gasteiger partial charge in [-0.3, -0.25) is 0 Å². The maximum atomic E-state index is 14.0. The summed E-state index contributed by atoms with van der Waals surface area (Å²) < 4.78 is 73.5. The number of nitrogens with two attached hydrogens (primary N) is 1. The van der Waals surface area contributed by atoms with E-state index in [-0.39, 0.29) is 53.4 Å². The number of hydrogen-bond donors (Lipinski definition) is 3. The SMILES string of the molecule is CC(C)CN(C[C@@H](O)[C@H](Cc1cc(F)cc(F)c1)NC(=O)O[C@H]1C2CO[C@H]3OCC1C3C2)S(=O)(=O)c1ccc(N)cc1. The molecule has 13 heteroatoms. The predicted molar refractivity (Wildman–Crippen MR) is 148 cm³/mol. The Balaban J connectivity index is 1.36. The number of sulfonamides is 1. The number of ether oxygens (including phenoxy) is 3. The number of hydrogen-bond acceptors (Lipinski definition) is 8. The fraction of sp³-hybridized carbons (Fsp3) is 0.552. The van der Waals surface area contributed by atoms with Gasteiger partial charge in [0.15, 0.2) is 6.29 Å². The molecule has 1 saturated carbocycles. The fourth-order valence-corrected chi connectivity index (χ4v) is 7.85. The first-order valence-electron chi connectivity index (χ1n) is 14.1. The zero-order valence-electron chi connectivity index (χ0n) is 23.5. The molecule has 3 fully saturated rings. The van der Waals surface area contributed by atoms with E-state index in [0.29, 0.717) is 18.9 Å². The van der Waals surface area contributed by atoms with E-state index < -0.39 is 52.5 Å². The average Bonchev–Trinajstić information content (AvgIpc) is 3.44. The smallest absolute Gasteiger partial charge is 0.407 e. The summed E-state index contributed by atoms with van der Waals surface area (Å²) in [6, 6.07) is 7.47. The number of nitrogens with one attached hydrogen (secondary N) is 1. The molecule has 4 N–H and O–H groups in total. The van der Waals surface area contributed by atoms with Gasteiger partial charge in [0.25, 0.3) is 0 Å². The number of carbonyl (C=O) groups is 1. The third-order valence-corrected chi connectivity index (χ3v) is 10.0. The quantitative estimate of drug-likeness (QED) is 0.331. The van der Waals surface area contributed by atoms with Gasteiger partial charge in [-0.1, -0.05) is 13.8 Å². The Morgan fingerprint density at radius 1 is 1.10 bits per heavy atom. The number of alkyl carbamates (subject to hydrolysis) is 1. The Labute approximate surface area is 244 Å². The van der Waals surface area contributed by atoms with Crippen LogP contribution >= 0.6 is 0 Å². The highest BCUT2D eigenvalue weighted by Gasteiger charge is 2.56. The number of amides is 1. The number of fused-ring (bicyclic) bond motifs is 1. The molecule has 1 aliphatic carbocycles. The summed E-state index contributed by atoms with van der Waals surface area (Å²) in [5.41, 5.74) is 6.29. The van der Waals surface area contributed by atoms with Crippen LogP contribution in [0.25, 0.3) is 0 Å². The van der Waals surface area contributed by atoms with Crippen LogP contribution in [0.3, 0.4) is 0 Å². The van der Waals surface area contributed by atoms with Gasteiger partial charge in [-0.05, 0) is 60.7 Å². The number of benzene rings is 2. The third kappa shape index (κ3) is 6.70. The number of carbonyl (C=O) groups excluding carboxylic acids is 1. The molecule has 3 unspecified atom stereocenters. The molecule has 2 bridgehead atoms. The summed E-state index contributed by atoms with van der Waals surface area (Å²) in [4.78, 5) is 13.2. The lowest BCUT2D eigenvalue weighted by Gasteiger charge is -2.31. The van der Waals surface area contributed by atoms with Crippen LogP contribution in [0.2, 0.25) is 0 Å². The van der Waals surface area contributed by atoms with Crippen molar-refractivity contribution >= 4 is 21.8 Å². The van der Waals surface area contributed by atoms with E-state index in [0.717, 1.165) is 28.9 Å². The Kier molecular flexibility index (Phi) is 9.05. The highest BCUT2D eigenvalue weighted by atomic mass is 32.2. The van der Waals surface area contributed by atoms with Crippen molar-refractivity contribution in [1.82, 2.24) is 9.62 Å². The second-order valence-corrected chi connectivity index (χ2v) is 13.8. The average molecular weight is 610 g/mol. The molecule has 3 aliphatic rings. The molecule has 230 valence electrons. The largest absolute Gasteiger partial charge is 0.445 e. The number of halogens is 2. The van der Waals surface area contributed by atoms with Crippen molar-refractivity contribution in [3.63, 3.8) is 0 Å². The van der Waals surface area contributed by atoms with Crippen LogP contribution in [0.5, 0.6) is 0 Å². The molecule has 2 heterocycles. The van der Waals surface area contributed by atoms with E-state index in [4.69, 9.17) is 19.9 Å². The van der Waals surface area contributed by atoms with Crippen molar-refractivity contribution in [3.8, 4) is 0 Å². The molecule has 2 aromatic rings. The summed E-state index contributed by atoms with van der Waals surface area (Å²) >= 11 is 0. The van der Waals surface area contributed by atoms with Crippen LogP contribution in [-0.2, 0) is 30.7 Å². The molecule has 7 atom stereocenters. The molecule has 0 radical (unpaired) electrons. The Bertz CT molecular complexity index is 1360. The number of anilines is 1. The van der Waals surface area contributed by atoms with Gasteiger partial charge in [-0.15, -0.1) is 0 Å². The Hall–Kier alpha value is -2.84. The summed E-state index contributed by atoms with van der Waals surface area (Å²) in [7, 11) is -4.06. The maximum absolute atomic E-state index is 14.0. The normalized spacial score (nSPS) is 26.4. The molecule has 10 nitrogen and oxygen atoms in total. The van der Waals surface area contributed by atoms with Crippen LogP contribution in [0, 0.1) is 35.3 Å². The lowest BCUT2D eigenvalue weighted by molar-refractivity contribution is -0.169. The van der Waals surface area contributed by atoms with Crippen molar-refractivity contribution in [2.75, 3.05) is 32.0 Å². The monoisotopic (exact) mass is 609 g/mol.